The number of Topliss-reactive ketones (excluding diaryl/α,β-unsaturated/α-hetero) is 1. The molecule has 2 nitrogen and oxygen atoms in total. The molecule has 34 heavy (non-hydrogen) atoms. The van der Waals surface area contributed by atoms with Gasteiger partial charge < -0.3 is 4.90 Å². The number of fused-ring (bicyclic) bond motifs is 5. The van der Waals surface area contributed by atoms with Crippen molar-refractivity contribution in [3.63, 3.8) is 0 Å². The third kappa shape index (κ3) is 4.59. The van der Waals surface area contributed by atoms with Gasteiger partial charge in [0.15, 0.2) is 5.78 Å². The average molecular weight is 486 g/mol. The van der Waals surface area contributed by atoms with Gasteiger partial charge in [-0.1, -0.05) is 40.9 Å². The fourth-order valence-electron chi connectivity index (χ4n) is 9.13. The maximum Gasteiger partial charge on any atom is 0.156 e. The van der Waals surface area contributed by atoms with Crippen molar-refractivity contribution < 1.29 is 6.22 Å². The lowest BCUT2D eigenvalue weighted by Crippen LogP contribution is -2.55. The molecule has 0 saturated heterocycles. The maximum atomic E-state index is 13.4. The minimum atomic E-state index is -0.0887. The lowest BCUT2D eigenvalue weighted by atomic mass is 9.43. The summed E-state index contributed by atoms with van der Waals surface area (Å²) < 4.78 is -0.0887. The summed E-state index contributed by atoms with van der Waals surface area (Å²) in [6.07, 6.45) is 19.5. The van der Waals surface area contributed by atoms with Crippen molar-refractivity contribution in [2.45, 2.75) is 97.6 Å². The Morgan fingerprint density at radius 3 is 2.47 bits per heavy atom. The van der Waals surface area contributed by atoms with Gasteiger partial charge in [-0.05, 0) is 128 Å². The smallest absolute Gasteiger partial charge is 0.156 e. The molecule has 0 bridgehead atoms. The van der Waals surface area contributed by atoms with Gasteiger partial charge in [-0.25, -0.2) is 0 Å². The van der Waals surface area contributed by atoms with Crippen molar-refractivity contribution in [3.8, 4) is 0 Å². The number of carbonyl (C=O) groups is 1. The molecule has 4 aliphatic rings. The largest absolute Gasteiger partial charge is 0.348 e. The molecule has 0 N–H and O–H groups in total. The van der Waals surface area contributed by atoms with E-state index in [0.717, 1.165) is 30.1 Å². The van der Waals surface area contributed by atoms with Crippen molar-refractivity contribution in [1.82, 2.24) is 4.90 Å². The van der Waals surface area contributed by atoms with Gasteiger partial charge in [-0.15, -0.1) is 0 Å². The van der Waals surface area contributed by atoms with Crippen LogP contribution in [0.1, 0.15) is 94.3 Å². The van der Waals surface area contributed by atoms with Crippen molar-refractivity contribution in [2.75, 3.05) is 12.8 Å². The molecule has 9 unspecified atom stereocenters. The molecule has 2 radical (unpaired) electrons. The van der Waals surface area contributed by atoms with Gasteiger partial charge in [0.1, 0.15) is 0 Å². The van der Waals surface area contributed by atoms with Crippen molar-refractivity contribution in [3.05, 3.63) is 25.1 Å². The van der Waals surface area contributed by atoms with E-state index in [1.54, 1.807) is 6.20 Å². The lowest BCUT2D eigenvalue weighted by molar-refractivity contribution is -0.137. The third-order valence-corrected chi connectivity index (χ3v) is 12.4. The first-order valence-electron chi connectivity index (χ1n) is 13.5. The number of hydrogen-bond acceptors (Lipinski definition) is 3. The first kappa shape index (κ1) is 27.9. The molecule has 0 amide bonds. The Balaban J connectivity index is 0.00000216. The highest BCUT2D eigenvalue weighted by molar-refractivity contribution is 8.01. The highest BCUT2D eigenvalue weighted by atomic mass is 32.2. The van der Waals surface area contributed by atoms with Gasteiger partial charge in [0.25, 0.3) is 0 Å². The number of thioether (sulfide) groups is 1. The number of ketones is 1. The van der Waals surface area contributed by atoms with Crippen LogP contribution in [0.2, 0.25) is 0 Å². The first-order chi connectivity index (χ1) is 15.6. The van der Waals surface area contributed by atoms with Crippen LogP contribution in [0, 0.1) is 46.3 Å². The predicted octanol–water partition coefficient (Wildman–Crippen LogP) is 7.94. The summed E-state index contributed by atoms with van der Waals surface area (Å²) >= 11 is 1.85. The molecule has 0 aromatic carbocycles. The predicted molar refractivity (Wildman–Crippen MR) is 152 cm³/mol. The Bertz CT molecular complexity index is 786. The van der Waals surface area contributed by atoms with E-state index in [0.29, 0.717) is 23.7 Å². The van der Waals surface area contributed by atoms with Gasteiger partial charge in [0, 0.05) is 7.34 Å². The third-order valence-electron chi connectivity index (χ3n) is 11.2. The van der Waals surface area contributed by atoms with E-state index < -0.39 is 0 Å². The van der Waals surface area contributed by atoms with Crippen LogP contribution in [0.3, 0.4) is 0 Å². The summed E-state index contributed by atoms with van der Waals surface area (Å²) in [6.45, 7) is 13.7. The van der Waals surface area contributed by atoms with Crippen LogP contribution in [0.15, 0.2) is 25.1 Å². The summed E-state index contributed by atoms with van der Waals surface area (Å²) in [5, 5.41) is 0. The Hall–Kier alpha value is -0.635. The molecule has 4 saturated carbocycles. The molecule has 9 atom stereocenters. The summed E-state index contributed by atoms with van der Waals surface area (Å²) in [6, 6.07) is 0. The van der Waals surface area contributed by atoms with Gasteiger partial charge in [-0.3, -0.25) is 4.79 Å². The number of rotatable bonds is 7. The average Bonchev–Trinajstić information content (AvgIpc) is 3.15. The summed E-state index contributed by atoms with van der Waals surface area (Å²) in [5.74, 6) is 4.51. The highest BCUT2D eigenvalue weighted by Gasteiger charge is 2.61. The number of hydrogen-bond donors (Lipinski definition) is 0. The molecule has 4 rings (SSSR count). The minimum Gasteiger partial charge on any atom is -0.348 e. The van der Waals surface area contributed by atoms with Gasteiger partial charge in [-0.2, -0.15) is 11.8 Å². The fraction of sp³-hybridized carbons (Fsp3) is 0.833. The van der Waals surface area contributed by atoms with Crippen LogP contribution in [-0.4, -0.2) is 36.0 Å². The van der Waals surface area contributed by atoms with Crippen LogP contribution >= 0.6 is 11.8 Å². The maximum absolute atomic E-state index is 13.4. The van der Waals surface area contributed by atoms with Gasteiger partial charge in [0.05, 0.1) is 14.4 Å². The normalized spacial score (nSPS) is 43.1. The Kier molecular flexibility index (Phi) is 8.54. The minimum absolute atomic E-state index is 0. The lowest BCUT2D eigenvalue weighted by Gasteiger charge is -2.62. The second-order valence-corrected chi connectivity index (χ2v) is 13.8. The molecular weight excluding hydrogens is 433 g/mol. The molecule has 0 aliphatic heterocycles. The quantitative estimate of drug-likeness (QED) is 0.341. The monoisotopic (exact) mass is 485 g/mol. The van der Waals surface area contributed by atoms with Crippen molar-refractivity contribution in [2.24, 2.45) is 46.3 Å². The highest BCUT2D eigenvalue weighted by Crippen LogP contribution is 2.68. The van der Waals surface area contributed by atoms with E-state index in [4.69, 9.17) is 7.85 Å². The van der Waals surface area contributed by atoms with Gasteiger partial charge >= 0.3 is 0 Å². The molecule has 0 aromatic rings. The van der Waals surface area contributed by atoms with Crippen molar-refractivity contribution in [1.29, 1.82) is 0 Å². The first-order valence-corrected chi connectivity index (χ1v) is 14.7. The molecule has 0 aromatic heterocycles. The number of carbonyl (C=O) groups excluding carboxylic acids is 1. The second kappa shape index (κ2) is 10.4. The van der Waals surface area contributed by atoms with Crippen LogP contribution in [0.5, 0.6) is 0 Å². The number of allylic oxidation sites excluding steroid dienone is 1. The van der Waals surface area contributed by atoms with E-state index in [2.05, 4.69) is 33.6 Å². The fourth-order valence-corrected chi connectivity index (χ4v) is 9.68. The molecule has 4 aliphatic carbocycles. The zero-order chi connectivity index (χ0) is 24.0. The van der Waals surface area contributed by atoms with E-state index in [9.17, 15) is 4.79 Å². The van der Waals surface area contributed by atoms with Gasteiger partial charge in [0.2, 0.25) is 0 Å². The van der Waals surface area contributed by atoms with E-state index in [1.165, 1.54) is 51.4 Å². The molecule has 192 valence electrons. The van der Waals surface area contributed by atoms with E-state index in [-0.39, 0.29) is 24.8 Å². The van der Waals surface area contributed by atoms with E-state index in [1.807, 2.05) is 35.9 Å². The molecular formula is C30H52BNOS. The molecule has 0 spiro atoms. The van der Waals surface area contributed by atoms with Crippen LogP contribution < -0.4 is 0 Å². The Morgan fingerprint density at radius 1 is 1.15 bits per heavy atom. The zero-order valence-corrected chi connectivity index (χ0v) is 22.6. The number of nitrogens with zero attached hydrogens (tertiary/aromatic N) is 1. The molecule has 4 heteroatoms. The second-order valence-electron chi connectivity index (χ2n) is 12.5. The molecule has 4 fully saturated rings. The van der Waals surface area contributed by atoms with Crippen LogP contribution in [-0.2, 0) is 4.79 Å². The summed E-state index contributed by atoms with van der Waals surface area (Å²) in [5.41, 5.74) is 0.666. The topological polar surface area (TPSA) is 20.3 Å². The molecule has 0 heterocycles. The Morgan fingerprint density at radius 2 is 1.82 bits per heavy atom. The van der Waals surface area contributed by atoms with Crippen molar-refractivity contribution >= 4 is 25.4 Å². The standard InChI is InChI=1S/C29H46BNOS.CH4.H2/c1-7-17-31(8-2)19-26(32)25-12-11-23-22-10-9-20-18-21(29(5,30)33-6)13-15-27(20,3)24(22)14-16-28(23,25)4;;/h7-8,17,20-25H,2,9-16,18-19H2,1,3-6H3;1H4;1H/b17-7-;;. The SMILES string of the molecule is C.[B]C(C)(SC)C1CCC2(C)C(CCC3C2CCC2(C)C(C(=O)CN(C=C)/C=C\C)CCC32)C1.[HH]. The zero-order valence-electron chi connectivity index (χ0n) is 21.8. The van der Waals surface area contributed by atoms with Crippen LogP contribution in [0.4, 0.5) is 0 Å². The van der Waals surface area contributed by atoms with Crippen LogP contribution in [0.25, 0.3) is 0 Å². The van der Waals surface area contributed by atoms with E-state index >= 15 is 0 Å². The Labute approximate surface area is 218 Å². The summed E-state index contributed by atoms with van der Waals surface area (Å²) in [4.78, 5) is 15.4. The summed E-state index contributed by atoms with van der Waals surface area (Å²) in [7, 11) is 6.70.